The number of ether oxygens (including phenoxy) is 2. The third-order valence-electron chi connectivity index (χ3n) is 3.34. The van der Waals surface area contributed by atoms with Gasteiger partial charge in [0.05, 0.1) is 13.2 Å². The van der Waals surface area contributed by atoms with Gasteiger partial charge in [-0.25, -0.2) is 0 Å². The van der Waals surface area contributed by atoms with Crippen molar-refractivity contribution < 1.29 is 9.47 Å². The van der Waals surface area contributed by atoms with Gasteiger partial charge in [-0.1, -0.05) is 6.92 Å². The Balaban J connectivity index is 1.91. The van der Waals surface area contributed by atoms with Gasteiger partial charge in [0.1, 0.15) is 0 Å². The highest BCUT2D eigenvalue weighted by Crippen LogP contribution is 2.38. The van der Waals surface area contributed by atoms with Gasteiger partial charge in [0.15, 0.2) is 11.5 Å². The van der Waals surface area contributed by atoms with E-state index in [1.54, 1.807) is 11.3 Å². The summed E-state index contributed by atoms with van der Waals surface area (Å²) in [7, 11) is 0. The van der Waals surface area contributed by atoms with E-state index in [2.05, 4.69) is 29.8 Å². The third kappa shape index (κ3) is 2.69. The normalized spacial score (nSPS) is 14.6. The van der Waals surface area contributed by atoms with E-state index in [1.807, 2.05) is 0 Å². The molecule has 0 radical (unpaired) electrons. The Bertz CT molecular complexity index is 565. The molecular weight excluding hydrogens is 258 g/mol. The molecule has 102 valence electrons. The van der Waals surface area contributed by atoms with Gasteiger partial charge in [-0.15, -0.1) is 11.3 Å². The Labute approximate surface area is 117 Å². The highest BCUT2D eigenvalue weighted by Gasteiger charge is 2.14. The van der Waals surface area contributed by atoms with Gasteiger partial charge in [0.25, 0.3) is 0 Å². The largest absolute Gasteiger partial charge is 0.490 e. The lowest BCUT2D eigenvalue weighted by atomic mass is 10.1. The zero-order chi connectivity index (χ0) is 13.1. The van der Waals surface area contributed by atoms with E-state index in [0.29, 0.717) is 0 Å². The first-order valence-electron chi connectivity index (χ1n) is 6.89. The second-order valence-electron chi connectivity index (χ2n) is 4.71. The minimum atomic E-state index is 0.745. The van der Waals surface area contributed by atoms with Gasteiger partial charge >= 0.3 is 0 Å². The number of hydrogen-bond acceptors (Lipinski definition) is 4. The Hall–Kier alpha value is -1.26. The highest BCUT2D eigenvalue weighted by molar-refractivity contribution is 7.17. The summed E-state index contributed by atoms with van der Waals surface area (Å²) in [5.74, 6) is 1.79. The summed E-state index contributed by atoms with van der Waals surface area (Å²) >= 11 is 1.79. The fourth-order valence-electron chi connectivity index (χ4n) is 2.33. The van der Waals surface area contributed by atoms with Crippen molar-refractivity contribution in [3.05, 3.63) is 23.1 Å². The summed E-state index contributed by atoms with van der Waals surface area (Å²) in [5.41, 5.74) is 1.40. The molecule has 1 aliphatic heterocycles. The molecule has 3 nitrogen and oxygen atoms in total. The number of nitrogens with one attached hydrogen (secondary N) is 1. The zero-order valence-electron chi connectivity index (χ0n) is 11.2. The fourth-order valence-corrected chi connectivity index (χ4v) is 3.34. The molecule has 0 fully saturated rings. The molecule has 0 saturated heterocycles. The maximum atomic E-state index is 5.77. The van der Waals surface area contributed by atoms with Crippen LogP contribution in [0.15, 0.2) is 17.5 Å². The van der Waals surface area contributed by atoms with Gasteiger partial charge in [0.2, 0.25) is 0 Å². The Morgan fingerprint density at radius 3 is 2.79 bits per heavy atom. The van der Waals surface area contributed by atoms with Crippen molar-refractivity contribution in [3.63, 3.8) is 0 Å². The van der Waals surface area contributed by atoms with Crippen LogP contribution in [0.3, 0.4) is 0 Å². The van der Waals surface area contributed by atoms with Gasteiger partial charge in [-0.2, -0.15) is 0 Å². The Morgan fingerprint density at radius 2 is 2.00 bits per heavy atom. The highest BCUT2D eigenvalue weighted by atomic mass is 32.1. The SMILES string of the molecule is CCNCCc1csc2cc3c(cc12)OCCCO3. The Morgan fingerprint density at radius 1 is 1.21 bits per heavy atom. The first-order valence-corrected chi connectivity index (χ1v) is 7.77. The minimum Gasteiger partial charge on any atom is -0.490 e. The maximum Gasteiger partial charge on any atom is 0.162 e. The average Bonchev–Trinajstić information content (AvgIpc) is 2.67. The van der Waals surface area contributed by atoms with Crippen LogP contribution in [0.5, 0.6) is 11.5 Å². The van der Waals surface area contributed by atoms with Gasteiger partial charge in [-0.3, -0.25) is 0 Å². The maximum absolute atomic E-state index is 5.77. The Kier molecular flexibility index (Phi) is 3.89. The number of rotatable bonds is 4. The average molecular weight is 277 g/mol. The molecule has 0 atom stereocenters. The number of likely N-dealkylation sites (N-methyl/N-ethyl adjacent to an activating group) is 1. The number of hydrogen-bond donors (Lipinski definition) is 1. The molecule has 0 unspecified atom stereocenters. The molecule has 1 aromatic heterocycles. The molecule has 1 aliphatic rings. The van der Waals surface area contributed by atoms with Gasteiger partial charge in [0, 0.05) is 17.2 Å². The van der Waals surface area contributed by atoms with E-state index in [-0.39, 0.29) is 0 Å². The minimum absolute atomic E-state index is 0.745. The molecule has 0 bridgehead atoms. The molecule has 2 heterocycles. The lowest BCUT2D eigenvalue weighted by Gasteiger charge is -2.08. The molecule has 0 aliphatic carbocycles. The van der Waals surface area contributed by atoms with Crippen LogP contribution in [-0.4, -0.2) is 26.3 Å². The predicted octanol–water partition coefficient (Wildman–Crippen LogP) is 3.21. The van der Waals surface area contributed by atoms with Gasteiger partial charge in [-0.05, 0) is 41.9 Å². The lowest BCUT2D eigenvalue weighted by molar-refractivity contribution is 0.297. The molecule has 1 aromatic carbocycles. The molecule has 1 N–H and O–H groups in total. The number of fused-ring (bicyclic) bond motifs is 2. The molecule has 0 spiro atoms. The summed E-state index contributed by atoms with van der Waals surface area (Å²) < 4.78 is 12.8. The molecule has 4 heteroatoms. The summed E-state index contributed by atoms with van der Waals surface area (Å²) in [6.45, 7) is 5.68. The summed E-state index contributed by atoms with van der Waals surface area (Å²) in [6, 6.07) is 4.27. The first-order chi connectivity index (χ1) is 9.38. The molecule has 0 amide bonds. The van der Waals surface area contributed by atoms with Crippen molar-refractivity contribution in [1.29, 1.82) is 0 Å². The van der Waals surface area contributed by atoms with Crippen LogP contribution < -0.4 is 14.8 Å². The molecule has 2 aromatic rings. The van der Waals surface area contributed by atoms with E-state index in [4.69, 9.17) is 9.47 Å². The topological polar surface area (TPSA) is 30.5 Å². The van der Waals surface area contributed by atoms with E-state index in [0.717, 1.165) is 50.6 Å². The van der Waals surface area contributed by atoms with E-state index >= 15 is 0 Å². The van der Waals surface area contributed by atoms with Crippen molar-refractivity contribution >= 4 is 21.4 Å². The van der Waals surface area contributed by atoms with Crippen molar-refractivity contribution in [3.8, 4) is 11.5 Å². The number of thiophene rings is 1. The van der Waals surface area contributed by atoms with Crippen LogP contribution in [-0.2, 0) is 6.42 Å². The van der Waals surface area contributed by atoms with Crippen molar-refractivity contribution in [1.82, 2.24) is 5.32 Å². The first kappa shape index (κ1) is 12.8. The van der Waals surface area contributed by atoms with Crippen molar-refractivity contribution in [2.24, 2.45) is 0 Å². The fraction of sp³-hybridized carbons (Fsp3) is 0.467. The number of benzene rings is 1. The van der Waals surface area contributed by atoms with Crippen LogP contribution >= 0.6 is 11.3 Å². The zero-order valence-corrected chi connectivity index (χ0v) is 12.0. The molecule has 3 rings (SSSR count). The van der Waals surface area contributed by atoms with E-state index in [9.17, 15) is 0 Å². The standard InChI is InChI=1S/C15H19NO2S/c1-2-16-5-4-11-10-19-15-9-14-13(8-12(11)15)17-6-3-7-18-14/h8-10,16H,2-7H2,1H3. The van der Waals surface area contributed by atoms with Crippen LogP contribution in [0, 0.1) is 0 Å². The smallest absolute Gasteiger partial charge is 0.162 e. The summed E-state index contributed by atoms with van der Waals surface area (Å²) in [4.78, 5) is 0. The quantitative estimate of drug-likeness (QED) is 0.870. The lowest BCUT2D eigenvalue weighted by Crippen LogP contribution is -2.15. The molecule has 0 saturated carbocycles. The van der Waals surface area contributed by atoms with Crippen LogP contribution in [0.1, 0.15) is 18.9 Å². The monoisotopic (exact) mass is 277 g/mol. The van der Waals surface area contributed by atoms with Gasteiger partial charge < -0.3 is 14.8 Å². The van der Waals surface area contributed by atoms with Crippen LogP contribution in [0.25, 0.3) is 10.1 Å². The summed E-state index contributed by atoms with van der Waals surface area (Å²) in [6.07, 6.45) is 2.02. The van der Waals surface area contributed by atoms with E-state index < -0.39 is 0 Å². The van der Waals surface area contributed by atoms with Crippen LogP contribution in [0.4, 0.5) is 0 Å². The predicted molar refractivity (Wildman–Crippen MR) is 79.7 cm³/mol. The van der Waals surface area contributed by atoms with Crippen molar-refractivity contribution in [2.75, 3.05) is 26.3 Å². The molecule has 19 heavy (non-hydrogen) atoms. The van der Waals surface area contributed by atoms with Crippen molar-refractivity contribution in [2.45, 2.75) is 19.8 Å². The molecular formula is C15H19NO2S. The van der Waals surface area contributed by atoms with E-state index in [1.165, 1.54) is 15.6 Å². The second-order valence-corrected chi connectivity index (χ2v) is 5.62. The summed E-state index contributed by atoms with van der Waals surface area (Å²) in [5, 5.41) is 6.94. The third-order valence-corrected chi connectivity index (χ3v) is 4.34. The second kappa shape index (κ2) is 5.80. The van der Waals surface area contributed by atoms with Crippen LogP contribution in [0.2, 0.25) is 0 Å².